The topological polar surface area (TPSA) is 92.1 Å². The largest absolute Gasteiger partial charge is 0.491 e. The number of alkyl halides is 3. The molecule has 250 valence electrons. The SMILES string of the molecule is O=C(NCCN1CCCC1)c1cccc(-c2cccc(CN(CCc3ccc(OC(=O)C(F)(F)F)cc3)C(=O)C=Cc3ccco3)c2)c1. The Bertz CT molecular complexity index is 1710. The number of benzene rings is 3. The zero-order chi connectivity index (χ0) is 33.9. The Hall–Kier alpha value is -5.16. The van der Waals surface area contributed by atoms with Crippen LogP contribution in [0.3, 0.4) is 0 Å². The van der Waals surface area contributed by atoms with Gasteiger partial charge in [0.05, 0.1) is 6.26 Å². The van der Waals surface area contributed by atoms with Crippen LogP contribution in [-0.4, -0.2) is 66.5 Å². The second kappa shape index (κ2) is 16.1. The molecule has 0 bridgehead atoms. The summed E-state index contributed by atoms with van der Waals surface area (Å²) >= 11 is 0. The molecule has 1 N–H and O–H groups in total. The van der Waals surface area contributed by atoms with E-state index in [1.54, 1.807) is 41.3 Å². The molecular formula is C37H36F3N3O5. The average Bonchev–Trinajstić information content (AvgIpc) is 3.81. The van der Waals surface area contributed by atoms with Gasteiger partial charge in [-0.25, -0.2) is 4.79 Å². The maximum absolute atomic E-state index is 13.4. The standard InChI is InChI=1S/C37H36F3N3O5/c38-37(39,40)36(46)48-33-13-11-27(12-14-33)17-21-43(34(44)16-15-32-10-5-23-47-32)26-28-6-3-7-29(24-28)30-8-4-9-31(25-30)35(45)41-18-22-42-19-1-2-20-42/h3-16,23-25H,1-2,17-22,26H2,(H,41,45). The van der Waals surface area contributed by atoms with Crippen molar-refractivity contribution in [2.45, 2.75) is 32.0 Å². The molecule has 48 heavy (non-hydrogen) atoms. The van der Waals surface area contributed by atoms with Crippen molar-refractivity contribution in [1.29, 1.82) is 0 Å². The molecule has 0 radical (unpaired) electrons. The number of esters is 1. The summed E-state index contributed by atoms with van der Waals surface area (Å²) in [7, 11) is 0. The molecule has 8 nitrogen and oxygen atoms in total. The summed E-state index contributed by atoms with van der Waals surface area (Å²) in [5.41, 5.74) is 3.92. The summed E-state index contributed by atoms with van der Waals surface area (Å²) < 4.78 is 47.3. The highest BCUT2D eigenvalue weighted by Gasteiger charge is 2.41. The fraction of sp³-hybridized carbons (Fsp3) is 0.270. The van der Waals surface area contributed by atoms with Gasteiger partial charge in [0.15, 0.2) is 0 Å². The lowest BCUT2D eigenvalue weighted by atomic mass is 10.0. The van der Waals surface area contributed by atoms with Crippen LogP contribution in [-0.2, 0) is 22.6 Å². The molecule has 1 aliphatic heterocycles. The number of furan rings is 1. The number of likely N-dealkylation sites (tertiary alicyclic amines) is 1. The lowest BCUT2D eigenvalue weighted by Gasteiger charge is -2.22. The summed E-state index contributed by atoms with van der Waals surface area (Å²) in [6.45, 7) is 4.14. The van der Waals surface area contributed by atoms with E-state index in [1.165, 1.54) is 37.3 Å². The summed E-state index contributed by atoms with van der Waals surface area (Å²) in [5.74, 6) is -2.38. The first kappa shape index (κ1) is 34.2. The molecule has 5 rings (SSSR count). The number of nitrogens with one attached hydrogen (secondary N) is 1. The number of carbonyl (C=O) groups is 3. The van der Waals surface area contributed by atoms with Crippen LogP contribution in [0.1, 0.15) is 40.1 Å². The van der Waals surface area contributed by atoms with Crippen molar-refractivity contribution < 1.29 is 36.7 Å². The number of hydrogen-bond donors (Lipinski definition) is 1. The van der Waals surface area contributed by atoms with E-state index in [0.717, 1.165) is 41.9 Å². The molecule has 1 saturated heterocycles. The van der Waals surface area contributed by atoms with Gasteiger partial charge in [0, 0.05) is 37.8 Å². The van der Waals surface area contributed by atoms with E-state index in [9.17, 15) is 27.6 Å². The van der Waals surface area contributed by atoms with Crippen LogP contribution >= 0.6 is 0 Å². The van der Waals surface area contributed by atoms with Crippen molar-refractivity contribution in [3.63, 3.8) is 0 Å². The minimum absolute atomic E-state index is 0.126. The van der Waals surface area contributed by atoms with Gasteiger partial charge in [0.25, 0.3) is 5.91 Å². The number of carbonyl (C=O) groups excluding carboxylic acids is 3. The van der Waals surface area contributed by atoms with E-state index in [2.05, 4.69) is 15.0 Å². The van der Waals surface area contributed by atoms with Gasteiger partial charge in [0.2, 0.25) is 5.91 Å². The van der Waals surface area contributed by atoms with E-state index >= 15 is 0 Å². The second-order valence-electron chi connectivity index (χ2n) is 11.5. The first-order valence-corrected chi connectivity index (χ1v) is 15.7. The zero-order valence-electron chi connectivity index (χ0n) is 26.2. The lowest BCUT2D eigenvalue weighted by molar-refractivity contribution is -0.189. The van der Waals surface area contributed by atoms with Crippen molar-refractivity contribution in [1.82, 2.24) is 15.1 Å². The van der Waals surface area contributed by atoms with Crippen molar-refractivity contribution in [2.75, 3.05) is 32.7 Å². The average molecular weight is 660 g/mol. The molecule has 4 aromatic rings. The highest BCUT2D eigenvalue weighted by molar-refractivity contribution is 5.95. The number of hydrogen-bond acceptors (Lipinski definition) is 6. The highest BCUT2D eigenvalue weighted by atomic mass is 19.4. The third-order valence-corrected chi connectivity index (χ3v) is 7.95. The van der Waals surface area contributed by atoms with Crippen LogP contribution in [0.2, 0.25) is 0 Å². The smallest absolute Gasteiger partial charge is 0.465 e. The summed E-state index contributed by atoms with van der Waals surface area (Å²) in [5, 5.41) is 3.02. The Morgan fingerprint density at radius 1 is 0.896 bits per heavy atom. The van der Waals surface area contributed by atoms with E-state index in [-0.39, 0.29) is 24.1 Å². The predicted octanol–water partition coefficient (Wildman–Crippen LogP) is 6.52. The molecule has 0 atom stereocenters. The van der Waals surface area contributed by atoms with Crippen LogP contribution in [0.15, 0.2) is 102 Å². The van der Waals surface area contributed by atoms with Gasteiger partial charge < -0.3 is 24.3 Å². The molecule has 2 amide bonds. The number of halogens is 3. The van der Waals surface area contributed by atoms with E-state index < -0.39 is 12.1 Å². The number of amides is 2. The Morgan fingerprint density at radius 2 is 1.62 bits per heavy atom. The normalized spacial score (nSPS) is 13.5. The molecule has 0 saturated carbocycles. The molecule has 1 aliphatic rings. The van der Waals surface area contributed by atoms with Crippen LogP contribution in [0.4, 0.5) is 13.2 Å². The molecule has 0 aliphatic carbocycles. The molecule has 1 aromatic heterocycles. The third kappa shape index (κ3) is 9.92. The lowest BCUT2D eigenvalue weighted by Crippen LogP contribution is -2.33. The quantitative estimate of drug-likeness (QED) is 0.0998. The maximum atomic E-state index is 13.4. The van der Waals surface area contributed by atoms with Crippen molar-refractivity contribution in [2.24, 2.45) is 0 Å². The highest BCUT2D eigenvalue weighted by Crippen LogP contribution is 2.24. The zero-order valence-corrected chi connectivity index (χ0v) is 26.2. The number of rotatable bonds is 13. The molecule has 0 unspecified atom stereocenters. The van der Waals surface area contributed by atoms with Crippen molar-refractivity contribution in [3.05, 3.63) is 120 Å². The van der Waals surface area contributed by atoms with Crippen LogP contribution < -0.4 is 10.1 Å². The molecule has 3 aromatic carbocycles. The molecular weight excluding hydrogens is 623 g/mol. The molecule has 2 heterocycles. The Labute approximate surface area is 276 Å². The number of nitrogens with zero attached hydrogens (tertiary/aromatic N) is 2. The van der Waals surface area contributed by atoms with Crippen LogP contribution in [0.25, 0.3) is 17.2 Å². The van der Waals surface area contributed by atoms with Gasteiger partial charge in [-0.05, 0) is 103 Å². The van der Waals surface area contributed by atoms with E-state index in [1.807, 2.05) is 42.5 Å². The second-order valence-corrected chi connectivity index (χ2v) is 11.5. The van der Waals surface area contributed by atoms with Crippen LogP contribution in [0, 0.1) is 0 Å². The first-order chi connectivity index (χ1) is 23.1. The van der Waals surface area contributed by atoms with Gasteiger partial charge in [-0.1, -0.05) is 42.5 Å². The summed E-state index contributed by atoms with van der Waals surface area (Å²) in [6, 6.07) is 24.3. The van der Waals surface area contributed by atoms with Gasteiger partial charge in [-0.3, -0.25) is 9.59 Å². The minimum Gasteiger partial charge on any atom is -0.465 e. The summed E-state index contributed by atoms with van der Waals surface area (Å²) in [4.78, 5) is 41.4. The fourth-order valence-corrected chi connectivity index (χ4v) is 5.41. The van der Waals surface area contributed by atoms with Crippen LogP contribution in [0.5, 0.6) is 5.75 Å². The third-order valence-electron chi connectivity index (χ3n) is 7.95. The Morgan fingerprint density at radius 3 is 2.33 bits per heavy atom. The van der Waals surface area contributed by atoms with Crippen molar-refractivity contribution >= 4 is 23.9 Å². The molecule has 0 spiro atoms. The first-order valence-electron chi connectivity index (χ1n) is 15.7. The fourth-order valence-electron chi connectivity index (χ4n) is 5.41. The maximum Gasteiger partial charge on any atom is 0.491 e. The van der Waals surface area contributed by atoms with Gasteiger partial charge in [-0.15, -0.1) is 0 Å². The van der Waals surface area contributed by atoms with E-state index in [0.29, 0.717) is 30.8 Å². The van der Waals surface area contributed by atoms with Gasteiger partial charge in [-0.2, -0.15) is 13.2 Å². The van der Waals surface area contributed by atoms with Crippen molar-refractivity contribution in [3.8, 4) is 16.9 Å². The number of ether oxygens (including phenoxy) is 1. The summed E-state index contributed by atoms with van der Waals surface area (Å²) in [6.07, 6.45) is 2.22. The Balaban J connectivity index is 1.26. The molecule has 1 fully saturated rings. The molecule has 11 heteroatoms. The van der Waals surface area contributed by atoms with E-state index in [4.69, 9.17) is 4.42 Å². The van der Waals surface area contributed by atoms with Gasteiger partial charge in [0.1, 0.15) is 11.5 Å². The minimum atomic E-state index is -5.09. The predicted molar refractivity (Wildman–Crippen MR) is 175 cm³/mol. The Kier molecular flexibility index (Phi) is 11.5. The monoisotopic (exact) mass is 659 g/mol. The van der Waals surface area contributed by atoms with Gasteiger partial charge >= 0.3 is 12.1 Å².